The summed E-state index contributed by atoms with van der Waals surface area (Å²) in [6.45, 7) is 0. The Morgan fingerprint density at radius 1 is 1.17 bits per heavy atom. The largest absolute Gasteiger partial charge is 0.358 e. The van der Waals surface area contributed by atoms with Gasteiger partial charge in [-0.15, -0.1) is 0 Å². The molecule has 0 bridgehead atoms. The van der Waals surface area contributed by atoms with Crippen LogP contribution in [0.3, 0.4) is 0 Å². The van der Waals surface area contributed by atoms with E-state index in [4.69, 9.17) is 5.21 Å². The maximum atomic E-state index is 14.0. The number of hydroxylamine groups is 1. The molecule has 1 aromatic carbocycles. The van der Waals surface area contributed by atoms with E-state index in [1.54, 1.807) is 0 Å². The molecule has 1 aliphatic carbocycles. The van der Waals surface area contributed by atoms with Gasteiger partial charge < -0.3 is 5.32 Å². The topological polar surface area (TPSA) is 74.2 Å². The lowest BCUT2D eigenvalue weighted by Gasteiger charge is -2.20. The molecule has 120 valence electrons. The van der Waals surface area contributed by atoms with Crippen molar-refractivity contribution in [3.8, 4) is 0 Å². The van der Waals surface area contributed by atoms with Crippen molar-refractivity contribution in [1.29, 1.82) is 0 Å². The zero-order valence-electron chi connectivity index (χ0n) is 11.7. The van der Waals surface area contributed by atoms with Crippen molar-refractivity contribution >= 4 is 11.7 Å². The van der Waals surface area contributed by atoms with Gasteiger partial charge in [-0.2, -0.15) is 0 Å². The summed E-state index contributed by atoms with van der Waals surface area (Å²) in [7, 11) is 0. The molecule has 23 heavy (non-hydrogen) atoms. The third-order valence-corrected chi connectivity index (χ3v) is 3.75. The van der Waals surface area contributed by atoms with E-state index in [-0.39, 0.29) is 16.9 Å². The summed E-state index contributed by atoms with van der Waals surface area (Å²) in [4.78, 5) is 15.0. The lowest BCUT2D eigenvalue weighted by atomic mass is 10.0. The van der Waals surface area contributed by atoms with Crippen LogP contribution in [0.15, 0.2) is 30.5 Å². The van der Waals surface area contributed by atoms with E-state index in [0.29, 0.717) is 12.8 Å². The molecule has 0 unspecified atom stereocenters. The van der Waals surface area contributed by atoms with Crippen molar-refractivity contribution in [2.45, 2.75) is 18.4 Å². The minimum atomic E-state index is -1.05. The lowest BCUT2D eigenvalue weighted by Crippen LogP contribution is -2.24. The average molecular weight is 323 g/mol. The fraction of sp³-hybridized carbons (Fsp3) is 0.200. The molecule has 2 aromatic rings. The van der Waals surface area contributed by atoms with Crippen LogP contribution in [0.5, 0.6) is 0 Å². The van der Waals surface area contributed by atoms with Crippen LogP contribution in [0.1, 0.15) is 28.8 Å². The normalized spacial score (nSPS) is 15.1. The Bertz CT molecular complexity index is 758. The first-order valence-corrected chi connectivity index (χ1v) is 6.79. The lowest BCUT2D eigenvalue weighted by molar-refractivity contribution is 0.0705. The molecule has 0 spiro atoms. The molecule has 1 fully saturated rings. The number of benzene rings is 1. The van der Waals surface area contributed by atoms with Gasteiger partial charge >= 0.3 is 0 Å². The highest BCUT2D eigenvalue weighted by atomic mass is 19.1. The molecule has 3 N–H and O–H groups in total. The zero-order chi connectivity index (χ0) is 16.6. The minimum Gasteiger partial charge on any atom is -0.358 e. The van der Waals surface area contributed by atoms with Crippen LogP contribution in [0.4, 0.5) is 19.0 Å². The first kappa shape index (κ1) is 15.3. The number of amides is 1. The zero-order valence-corrected chi connectivity index (χ0v) is 11.7. The van der Waals surface area contributed by atoms with Gasteiger partial charge in [-0.1, -0.05) is 6.07 Å². The Morgan fingerprint density at radius 2 is 1.83 bits per heavy atom. The number of nitrogens with zero attached hydrogens (tertiary/aromatic N) is 1. The van der Waals surface area contributed by atoms with Crippen molar-refractivity contribution in [1.82, 2.24) is 10.5 Å². The summed E-state index contributed by atoms with van der Waals surface area (Å²) in [5.74, 6) is -3.43. The highest BCUT2D eigenvalue weighted by Gasteiger charge is 2.48. The van der Waals surface area contributed by atoms with Gasteiger partial charge in [0.2, 0.25) is 0 Å². The standard InChI is InChI=1S/C15H12F3N3O2/c16-9-2-1-3-10(17)12(9)15(4-5-15)20-13-11(18)6-8(7-19-13)14(22)21-23/h1-3,6-7,23H,4-5H2,(H,19,20)(H,21,22). The molecule has 0 radical (unpaired) electrons. The Kier molecular flexibility index (Phi) is 3.69. The Balaban J connectivity index is 1.92. The third-order valence-electron chi connectivity index (χ3n) is 3.75. The molecule has 0 aliphatic heterocycles. The van der Waals surface area contributed by atoms with Gasteiger partial charge in [-0.05, 0) is 31.0 Å². The minimum absolute atomic E-state index is 0.154. The average Bonchev–Trinajstić information content (AvgIpc) is 3.28. The predicted octanol–water partition coefficient (Wildman–Crippen LogP) is 2.72. The summed E-state index contributed by atoms with van der Waals surface area (Å²) in [5, 5.41) is 11.2. The smallest absolute Gasteiger partial charge is 0.276 e. The number of nitrogens with one attached hydrogen (secondary N) is 2. The monoisotopic (exact) mass is 323 g/mol. The molecule has 1 aliphatic rings. The number of anilines is 1. The van der Waals surface area contributed by atoms with Crippen molar-refractivity contribution < 1.29 is 23.2 Å². The highest BCUT2D eigenvalue weighted by molar-refractivity contribution is 5.93. The number of hydrogen-bond donors (Lipinski definition) is 3. The fourth-order valence-electron chi connectivity index (χ4n) is 2.46. The van der Waals surface area contributed by atoms with Crippen molar-refractivity contribution in [3.63, 3.8) is 0 Å². The van der Waals surface area contributed by atoms with Crippen LogP contribution >= 0.6 is 0 Å². The molecule has 1 heterocycles. The van der Waals surface area contributed by atoms with Crippen LogP contribution in [0, 0.1) is 17.5 Å². The molecule has 0 atom stereocenters. The van der Waals surface area contributed by atoms with E-state index >= 15 is 0 Å². The number of hydrogen-bond acceptors (Lipinski definition) is 4. The molecule has 3 rings (SSSR count). The summed E-state index contributed by atoms with van der Waals surface area (Å²) in [5.41, 5.74) is -0.0246. The summed E-state index contributed by atoms with van der Waals surface area (Å²) in [6, 6.07) is 4.40. The number of carbonyl (C=O) groups excluding carboxylic acids is 1. The van der Waals surface area contributed by atoms with Crippen LogP contribution in [0.2, 0.25) is 0 Å². The molecule has 1 amide bonds. The SMILES string of the molecule is O=C(NO)c1cnc(NC2(c3c(F)cccc3F)CC2)c(F)c1. The van der Waals surface area contributed by atoms with Crippen LogP contribution in [-0.2, 0) is 5.54 Å². The molecular weight excluding hydrogens is 311 g/mol. The van der Waals surface area contributed by atoms with E-state index in [1.165, 1.54) is 11.5 Å². The van der Waals surface area contributed by atoms with Crippen LogP contribution in [-0.4, -0.2) is 16.1 Å². The van der Waals surface area contributed by atoms with Gasteiger partial charge in [0.15, 0.2) is 11.6 Å². The highest BCUT2D eigenvalue weighted by Crippen LogP contribution is 2.50. The number of halogens is 3. The van der Waals surface area contributed by atoms with Gasteiger partial charge in [0.05, 0.1) is 11.1 Å². The van der Waals surface area contributed by atoms with E-state index in [2.05, 4.69) is 10.3 Å². The van der Waals surface area contributed by atoms with E-state index in [1.807, 2.05) is 0 Å². The first-order valence-electron chi connectivity index (χ1n) is 6.79. The van der Waals surface area contributed by atoms with Gasteiger partial charge in [-0.25, -0.2) is 23.6 Å². The maximum Gasteiger partial charge on any atom is 0.276 e. The van der Waals surface area contributed by atoms with Gasteiger partial charge in [-0.3, -0.25) is 10.0 Å². The quantitative estimate of drug-likeness (QED) is 0.597. The second-order valence-electron chi connectivity index (χ2n) is 5.30. The second-order valence-corrected chi connectivity index (χ2v) is 5.30. The maximum absolute atomic E-state index is 14.0. The first-order chi connectivity index (χ1) is 11.0. The van der Waals surface area contributed by atoms with E-state index in [0.717, 1.165) is 24.4 Å². The van der Waals surface area contributed by atoms with Gasteiger partial charge in [0.25, 0.3) is 5.91 Å². The number of pyridine rings is 1. The summed E-state index contributed by atoms with van der Waals surface area (Å²) >= 11 is 0. The van der Waals surface area contributed by atoms with E-state index < -0.39 is 28.9 Å². The van der Waals surface area contributed by atoms with Crippen molar-refractivity contribution in [3.05, 3.63) is 59.0 Å². The molecule has 1 aromatic heterocycles. The van der Waals surface area contributed by atoms with Gasteiger partial charge in [0, 0.05) is 11.8 Å². The van der Waals surface area contributed by atoms with Gasteiger partial charge in [0.1, 0.15) is 11.6 Å². The predicted molar refractivity (Wildman–Crippen MR) is 74.3 cm³/mol. The molecule has 1 saturated carbocycles. The summed E-state index contributed by atoms with van der Waals surface area (Å²) in [6.07, 6.45) is 1.89. The summed E-state index contributed by atoms with van der Waals surface area (Å²) < 4.78 is 41.9. The fourth-order valence-corrected chi connectivity index (χ4v) is 2.46. The molecule has 5 nitrogen and oxygen atoms in total. The number of carbonyl (C=O) groups is 1. The molecule has 0 saturated heterocycles. The Morgan fingerprint density at radius 3 is 2.35 bits per heavy atom. The van der Waals surface area contributed by atoms with Crippen LogP contribution < -0.4 is 10.8 Å². The molecular formula is C15H12F3N3O2. The molecule has 8 heteroatoms. The van der Waals surface area contributed by atoms with Crippen molar-refractivity contribution in [2.75, 3.05) is 5.32 Å². The third kappa shape index (κ3) is 2.72. The van der Waals surface area contributed by atoms with E-state index in [9.17, 15) is 18.0 Å². The van der Waals surface area contributed by atoms with Crippen LogP contribution in [0.25, 0.3) is 0 Å². The Hall–Kier alpha value is -2.61. The number of rotatable bonds is 4. The Labute approximate surface area is 129 Å². The number of aromatic nitrogens is 1. The van der Waals surface area contributed by atoms with Crippen molar-refractivity contribution in [2.24, 2.45) is 0 Å². The second kappa shape index (κ2) is 5.54.